The number of carbonyl (C=O) groups is 1. The number of nitrogens with zero attached hydrogens (tertiary/aromatic N) is 1. The molecule has 0 radical (unpaired) electrons. The summed E-state index contributed by atoms with van der Waals surface area (Å²) >= 11 is 0. The predicted octanol–water partition coefficient (Wildman–Crippen LogP) is 2.98. The lowest BCUT2D eigenvalue weighted by Crippen LogP contribution is -2.02. The topological polar surface area (TPSA) is 59.4 Å². The summed E-state index contributed by atoms with van der Waals surface area (Å²) in [4.78, 5) is 14.7. The number of hydrogen-bond acceptors (Lipinski definition) is 3. The third kappa shape index (κ3) is 3.10. The molecule has 0 aliphatic heterocycles. The molecule has 0 saturated carbocycles. The van der Waals surface area contributed by atoms with E-state index in [2.05, 4.69) is 4.98 Å². The van der Waals surface area contributed by atoms with Crippen LogP contribution in [0.25, 0.3) is 0 Å². The van der Waals surface area contributed by atoms with Crippen molar-refractivity contribution in [3.05, 3.63) is 58.9 Å². The molecule has 4 nitrogen and oxygen atoms in total. The standard InChI is InChI=1S/C15H15NO3/c1-10-4-3-5-11(2)14(10)9-19-13-6-12(15(17)18)7-16-8-13/h3-8H,9H2,1-2H3,(H,17,18). The van der Waals surface area contributed by atoms with E-state index in [1.165, 1.54) is 18.5 Å². The van der Waals surface area contributed by atoms with Crippen LogP contribution in [0.15, 0.2) is 36.7 Å². The van der Waals surface area contributed by atoms with E-state index in [-0.39, 0.29) is 5.56 Å². The van der Waals surface area contributed by atoms with Crippen molar-refractivity contribution in [1.82, 2.24) is 4.98 Å². The van der Waals surface area contributed by atoms with Gasteiger partial charge in [-0.1, -0.05) is 18.2 Å². The summed E-state index contributed by atoms with van der Waals surface area (Å²) in [6.45, 7) is 4.46. The molecule has 4 heteroatoms. The van der Waals surface area contributed by atoms with Crippen LogP contribution in [0, 0.1) is 13.8 Å². The van der Waals surface area contributed by atoms with Gasteiger partial charge in [-0.05, 0) is 36.6 Å². The summed E-state index contributed by atoms with van der Waals surface area (Å²) in [5.41, 5.74) is 3.55. The minimum Gasteiger partial charge on any atom is -0.487 e. The predicted molar refractivity (Wildman–Crippen MR) is 71.4 cm³/mol. The van der Waals surface area contributed by atoms with E-state index in [1.54, 1.807) is 0 Å². The number of benzene rings is 1. The number of carboxylic acid groups (broad SMARTS) is 1. The number of aromatic carboxylic acids is 1. The molecule has 0 aliphatic rings. The third-order valence-electron chi connectivity index (χ3n) is 2.99. The highest BCUT2D eigenvalue weighted by Gasteiger charge is 2.07. The molecule has 1 heterocycles. The Morgan fingerprint density at radius 1 is 1.26 bits per heavy atom. The van der Waals surface area contributed by atoms with Crippen molar-refractivity contribution in [3.8, 4) is 5.75 Å². The molecule has 0 unspecified atom stereocenters. The van der Waals surface area contributed by atoms with E-state index in [4.69, 9.17) is 9.84 Å². The van der Waals surface area contributed by atoms with Crippen molar-refractivity contribution in [1.29, 1.82) is 0 Å². The number of ether oxygens (including phenoxy) is 1. The average Bonchev–Trinajstić information content (AvgIpc) is 2.38. The van der Waals surface area contributed by atoms with Crippen LogP contribution in [0.5, 0.6) is 5.75 Å². The van der Waals surface area contributed by atoms with Crippen LogP contribution in [0.2, 0.25) is 0 Å². The highest BCUT2D eigenvalue weighted by atomic mass is 16.5. The van der Waals surface area contributed by atoms with Gasteiger partial charge in [-0.3, -0.25) is 4.98 Å². The summed E-state index contributed by atoms with van der Waals surface area (Å²) in [5, 5.41) is 8.89. The molecular formula is C15H15NO3. The molecule has 2 aromatic rings. The van der Waals surface area contributed by atoms with Gasteiger partial charge >= 0.3 is 5.97 Å². The quantitative estimate of drug-likeness (QED) is 0.914. The second-order valence-corrected chi connectivity index (χ2v) is 4.37. The van der Waals surface area contributed by atoms with E-state index < -0.39 is 5.97 Å². The normalized spacial score (nSPS) is 10.2. The summed E-state index contributed by atoms with van der Waals surface area (Å²) in [6.07, 6.45) is 2.81. The van der Waals surface area contributed by atoms with E-state index in [1.807, 2.05) is 32.0 Å². The second-order valence-electron chi connectivity index (χ2n) is 4.37. The van der Waals surface area contributed by atoms with Gasteiger partial charge in [0.25, 0.3) is 0 Å². The van der Waals surface area contributed by atoms with Gasteiger partial charge in [0.2, 0.25) is 0 Å². The van der Waals surface area contributed by atoms with E-state index in [0.717, 1.165) is 16.7 Å². The Morgan fingerprint density at radius 2 is 1.95 bits per heavy atom. The molecule has 0 saturated heterocycles. The smallest absolute Gasteiger partial charge is 0.337 e. The fraction of sp³-hybridized carbons (Fsp3) is 0.200. The number of rotatable bonds is 4. The Hall–Kier alpha value is -2.36. The van der Waals surface area contributed by atoms with Crippen molar-refractivity contribution < 1.29 is 14.6 Å². The fourth-order valence-electron chi connectivity index (χ4n) is 1.85. The number of aryl methyl sites for hydroxylation is 2. The molecule has 1 aromatic heterocycles. The summed E-state index contributed by atoms with van der Waals surface area (Å²) in [5.74, 6) is -0.549. The Morgan fingerprint density at radius 3 is 2.58 bits per heavy atom. The van der Waals surface area contributed by atoms with E-state index in [0.29, 0.717) is 12.4 Å². The van der Waals surface area contributed by atoms with Crippen LogP contribution in [-0.4, -0.2) is 16.1 Å². The maximum Gasteiger partial charge on any atom is 0.337 e. The number of carboxylic acids is 1. The van der Waals surface area contributed by atoms with Gasteiger partial charge in [-0.15, -0.1) is 0 Å². The Bertz CT molecular complexity index is 588. The number of pyridine rings is 1. The fourth-order valence-corrected chi connectivity index (χ4v) is 1.85. The van der Waals surface area contributed by atoms with Crippen molar-refractivity contribution in [2.45, 2.75) is 20.5 Å². The first-order valence-corrected chi connectivity index (χ1v) is 5.94. The molecule has 0 spiro atoms. The van der Waals surface area contributed by atoms with Crippen molar-refractivity contribution in [2.75, 3.05) is 0 Å². The Labute approximate surface area is 111 Å². The molecule has 0 bridgehead atoms. The van der Waals surface area contributed by atoms with Gasteiger partial charge in [0.15, 0.2) is 0 Å². The highest BCUT2D eigenvalue weighted by Crippen LogP contribution is 2.18. The van der Waals surface area contributed by atoms with Crippen LogP contribution in [0.3, 0.4) is 0 Å². The second kappa shape index (κ2) is 5.52. The van der Waals surface area contributed by atoms with Crippen molar-refractivity contribution in [2.24, 2.45) is 0 Å². The molecule has 0 aliphatic carbocycles. The maximum atomic E-state index is 10.8. The van der Waals surface area contributed by atoms with Crippen molar-refractivity contribution >= 4 is 5.97 Å². The lowest BCUT2D eigenvalue weighted by Gasteiger charge is -2.11. The average molecular weight is 257 g/mol. The first-order chi connectivity index (χ1) is 9.08. The number of aromatic nitrogens is 1. The Kier molecular flexibility index (Phi) is 3.80. The molecule has 2 rings (SSSR count). The molecule has 0 atom stereocenters. The highest BCUT2D eigenvalue weighted by molar-refractivity contribution is 5.87. The third-order valence-corrected chi connectivity index (χ3v) is 2.99. The largest absolute Gasteiger partial charge is 0.487 e. The monoisotopic (exact) mass is 257 g/mol. The summed E-state index contributed by atoms with van der Waals surface area (Å²) in [6, 6.07) is 7.53. The first kappa shape index (κ1) is 13.1. The molecule has 1 N–H and O–H groups in total. The zero-order valence-corrected chi connectivity index (χ0v) is 10.9. The van der Waals surface area contributed by atoms with E-state index in [9.17, 15) is 4.79 Å². The van der Waals surface area contributed by atoms with Crippen molar-refractivity contribution in [3.63, 3.8) is 0 Å². The SMILES string of the molecule is Cc1cccc(C)c1COc1cncc(C(=O)O)c1. The van der Waals surface area contributed by atoms with Crippen LogP contribution in [-0.2, 0) is 6.61 Å². The number of hydrogen-bond donors (Lipinski definition) is 1. The van der Waals surface area contributed by atoms with Crippen LogP contribution in [0.4, 0.5) is 0 Å². The summed E-state index contributed by atoms with van der Waals surface area (Å²) < 4.78 is 5.62. The zero-order chi connectivity index (χ0) is 13.8. The lowest BCUT2D eigenvalue weighted by molar-refractivity contribution is 0.0696. The van der Waals surface area contributed by atoms with Gasteiger partial charge in [0, 0.05) is 6.20 Å². The first-order valence-electron chi connectivity index (χ1n) is 5.94. The molecular weight excluding hydrogens is 242 g/mol. The molecule has 0 fully saturated rings. The summed E-state index contributed by atoms with van der Waals surface area (Å²) in [7, 11) is 0. The van der Waals surface area contributed by atoms with Gasteiger partial charge in [-0.2, -0.15) is 0 Å². The zero-order valence-electron chi connectivity index (χ0n) is 10.9. The lowest BCUT2D eigenvalue weighted by atomic mass is 10.0. The molecule has 19 heavy (non-hydrogen) atoms. The van der Waals surface area contributed by atoms with Crippen LogP contribution >= 0.6 is 0 Å². The maximum absolute atomic E-state index is 10.8. The van der Waals surface area contributed by atoms with Crippen LogP contribution < -0.4 is 4.74 Å². The van der Waals surface area contributed by atoms with Crippen LogP contribution in [0.1, 0.15) is 27.0 Å². The molecule has 0 amide bonds. The minimum atomic E-state index is -1.01. The van der Waals surface area contributed by atoms with Gasteiger partial charge in [0.1, 0.15) is 12.4 Å². The molecule has 1 aromatic carbocycles. The van der Waals surface area contributed by atoms with Gasteiger partial charge in [0.05, 0.1) is 11.8 Å². The van der Waals surface area contributed by atoms with Gasteiger partial charge < -0.3 is 9.84 Å². The van der Waals surface area contributed by atoms with E-state index >= 15 is 0 Å². The van der Waals surface area contributed by atoms with Gasteiger partial charge in [-0.25, -0.2) is 4.79 Å². The molecule has 98 valence electrons. The minimum absolute atomic E-state index is 0.124. The Balaban J connectivity index is 2.15.